The van der Waals surface area contributed by atoms with Crippen LogP contribution in [0.1, 0.15) is 6.92 Å². The van der Waals surface area contributed by atoms with E-state index >= 15 is 0 Å². The first kappa shape index (κ1) is 15.3. The first-order valence-electron chi connectivity index (χ1n) is 5.91. The van der Waals surface area contributed by atoms with E-state index in [0.29, 0.717) is 19.7 Å². The van der Waals surface area contributed by atoms with Crippen LogP contribution < -0.4 is 15.4 Å². The van der Waals surface area contributed by atoms with E-state index in [-0.39, 0.29) is 11.9 Å². The molecule has 1 atom stereocenters. The Morgan fingerprint density at radius 3 is 3.00 bits per heavy atom. The Morgan fingerprint density at radius 2 is 2.32 bits per heavy atom. The first-order chi connectivity index (χ1) is 9.11. The average molecular weight is 326 g/mol. The predicted molar refractivity (Wildman–Crippen MR) is 75.8 cm³/mol. The number of hydrogen-bond donors (Lipinski definition) is 2. The average Bonchev–Trinajstić information content (AvgIpc) is 2.41. The number of carbonyl (C=O) groups excluding carboxylic acids is 1. The molecule has 0 aliphatic carbocycles. The molecule has 0 unspecified atom stereocenters. The number of nitrogens with zero attached hydrogens (tertiary/aromatic N) is 1. The van der Waals surface area contributed by atoms with Crippen molar-refractivity contribution in [3.8, 4) is 11.8 Å². The molecule has 0 heterocycles. The smallest absolute Gasteiger partial charge is 0.314 e. The van der Waals surface area contributed by atoms with Crippen molar-refractivity contribution in [2.75, 3.05) is 19.7 Å². The number of rotatable bonds is 6. The highest BCUT2D eigenvalue weighted by Crippen LogP contribution is 2.17. The van der Waals surface area contributed by atoms with Crippen LogP contribution in [-0.4, -0.2) is 25.7 Å². The summed E-state index contributed by atoms with van der Waals surface area (Å²) in [6.45, 7) is 2.88. The highest BCUT2D eigenvalue weighted by Gasteiger charge is 2.03. The van der Waals surface area contributed by atoms with Gasteiger partial charge < -0.3 is 15.4 Å². The molecule has 2 amide bonds. The molecule has 0 aliphatic heterocycles. The predicted octanol–water partition coefficient (Wildman–Crippen LogP) is 2.29. The van der Waals surface area contributed by atoms with Gasteiger partial charge in [0.15, 0.2) is 0 Å². The van der Waals surface area contributed by atoms with Crippen LogP contribution in [0, 0.1) is 17.2 Å². The molecule has 2 N–H and O–H groups in total. The van der Waals surface area contributed by atoms with Crippen LogP contribution >= 0.6 is 15.9 Å². The van der Waals surface area contributed by atoms with Gasteiger partial charge in [0.1, 0.15) is 12.4 Å². The third kappa shape index (κ3) is 6.67. The molecule has 1 aromatic rings. The molecule has 0 saturated heterocycles. The van der Waals surface area contributed by atoms with E-state index in [1.807, 2.05) is 30.3 Å². The zero-order valence-electron chi connectivity index (χ0n) is 10.6. The van der Waals surface area contributed by atoms with Crippen molar-refractivity contribution in [1.82, 2.24) is 10.6 Å². The van der Waals surface area contributed by atoms with Crippen LogP contribution in [0.3, 0.4) is 0 Å². The molecule has 5 nitrogen and oxygen atoms in total. The number of carbonyl (C=O) groups is 1. The lowest BCUT2D eigenvalue weighted by Crippen LogP contribution is -2.39. The van der Waals surface area contributed by atoms with Gasteiger partial charge >= 0.3 is 6.03 Å². The van der Waals surface area contributed by atoms with E-state index in [1.165, 1.54) is 0 Å². The number of halogens is 1. The minimum absolute atomic E-state index is 0.191. The standard InChI is InChI=1S/C13H16BrN3O2/c1-10(8-15)9-17-13(18)16-5-6-19-12-4-2-3-11(14)7-12/h2-4,7,10H,5-6,9H2,1H3,(H2,16,17,18)/t10-/m0/s1. The molecule has 6 heteroatoms. The molecule has 0 saturated carbocycles. The SMILES string of the molecule is C[C@@H](C#N)CNC(=O)NCCOc1cccc(Br)c1. The summed E-state index contributed by atoms with van der Waals surface area (Å²) in [7, 11) is 0. The first-order valence-corrected chi connectivity index (χ1v) is 6.71. The van der Waals surface area contributed by atoms with Gasteiger partial charge in [0.25, 0.3) is 0 Å². The molecule has 0 fully saturated rings. The van der Waals surface area contributed by atoms with Crippen molar-refractivity contribution < 1.29 is 9.53 Å². The topological polar surface area (TPSA) is 74.2 Å². The normalized spacial score (nSPS) is 11.2. The number of hydrogen-bond acceptors (Lipinski definition) is 3. The number of nitriles is 1. The molecular weight excluding hydrogens is 310 g/mol. The van der Waals surface area contributed by atoms with Crippen LogP contribution in [-0.2, 0) is 0 Å². The van der Waals surface area contributed by atoms with Gasteiger partial charge in [-0.15, -0.1) is 0 Å². The molecule has 0 radical (unpaired) electrons. The van der Waals surface area contributed by atoms with Gasteiger partial charge in [-0.3, -0.25) is 0 Å². The Balaban J connectivity index is 2.14. The summed E-state index contributed by atoms with van der Waals surface area (Å²) < 4.78 is 6.40. The Morgan fingerprint density at radius 1 is 1.53 bits per heavy atom. The van der Waals surface area contributed by atoms with Crippen molar-refractivity contribution in [2.45, 2.75) is 6.92 Å². The lowest BCUT2D eigenvalue weighted by atomic mass is 10.2. The molecule has 0 aliphatic rings. The Labute approximate surface area is 121 Å². The van der Waals surface area contributed by atoms with Gasteiger partial charge in [-0.2, -0.15) is 5.26 Å². The molecular formula is C13H16BrN3O2. The van der Waals surface area contributed by atoms with Crippen LogP contribution in [0.4, 0.5) is 4.79 Å². The van der Waals surface area contributed by atoms with Crippen molar-refractivity contribution >= 4 is 22.0 Å². The summed E-state index contributed by atoms with van der Waals surface area (Å²) in [5.74, 6) is 0.554. The summed E-state index contributed by atoms with van der Waals surface area (Å²) in [5.41, 5.74) is 0. The Hall–Kier alpha value is -1.74. The summed E-state index contributed by atoms with van der Waals surface area (Å²) >= 11 is 3.35. The maximum Gasteiger partial charge on any atom is 0.314 e. The fraction of sp³-hybridized carbons (Fsp3) is 0.385. The molecule has 19 heavy (non-hydrogen) atoms. The summed E-state index contributed by atoms with van der Waals surface area (Å²) in [6, 6.07) is 9.24. The maximum absolute atomic E-state index is 11.3. The van der Waals surface area contributed by atoms with Gasteiger partial charge in [0.05, 0.1) is 18.5 Å². The second kappa shape index (κ2) is 8.38. The number of amides is 2. The van der Waals surface area contributed by atoms with Crippen LogP contribution in [0.25, 0.3) is 0 Å². The van der Waals surface area contributed by atoms with Gasteiger partial charge in [-0.05, 0) is 25.1 Å². The molecule has 0 bridgehead atoms. The lowest BCUT2D eigenvalue weighted by Gasteiger charge is -2.09. The Kier molecular flexibility index (Phi) is 6.75. The quantitative estimate of drug-likeness (QED) is 0.788. The zero-order valence-corrected chi connectivity index (χ0v) is 12.2. The fourth-order valence-corrected chi connectivity index (χ4v) is 1.62. The number of nitrogens with one attached hydrogen (secondary N) is 2. The third-order valence-corrected chi connectivity index (χ3v) is 2.73. The van der Waals surface area contributed by atoms with E-state index in [1.54, 1.807) is 6.92 Å². The van der Waals surface area contributed by atoms with Crippen molar-refractivity contribution in [3.63, 3.8) is 0 Å². The van der Waals surface area contributed by atoms with Crippen LogP contribution in [0.5, 0.6) is 5.75 Å². The molecule has 1 rings (SSSR count). The third-order valence-electron chi connectivity index (χ3n) is 2.24. The summed E-state index contributed by atoms with van der Waals surface area (Å²) in [4.78, 5) is 11.3. The highest BCUT2D eigenvalue weighted by atomic mass is 79.9. The van der Waals surface area contributed by atoms with E-state index in [0.717, 1.165) is 10.2 Å². The minimum atomic E-state index is -0.292. The van der Waals surface area contributed by atoms with Gasteiger partial charge in [-0.25, -0.2) is 4.79 Å². The molecule has 0 aromatic heterocycles. The summed E-state index contributed by atoms with van der Waals surface area (Å²) in [5, 5.41) is 13.8. The second-order valence-electron chi connectivity index (χ2n) is 3.97. The number of urea groups is 1. The van der Waals surface area contributed by atoms with Crippen molar-refractivity contribution in [3.05, 3.63) is 28.7 Å². The van der Waals surface area contributed by atoms with E-state index in [9.17, 15) is 4.79 Å². The van der Waals surface area contributed by atoms with E-state index in [4.69, 9.17) is 10.00 Å². The second-order valence-corrected chi connectivity index (χ2v) is 4.89. The molecule has 1 aromatic carbocycles. The number of ether oxygens (including phenoxy) is 1. The molecule has 102 valence electrons. The van der Waals surface area contributed by atoms with Crippen LogP contribution in [0.2, 0.25) is 0 Å². The van der Waals surface area contributed by atoms with Gasteiger partial charge in [0, 0.05) is 11.0 Å². The van der Waals surface area contributed by atoms with E-state index in [2.05, 4.69) is 26.6 Å². The summed E-state index contributed by atoms with van der Waals surface area (Å²) in [6.07, 6.45) is 0. The van der Waals surface area contributed by atoms with Crippen LogP contribution in [0.15, 0.2) is 28.7 Å². The number of benzene rings is 1. The minimum Gasteiger partial charge on any atom is -0.492 e. The van der Waals surface area contributed by atoms with Gasteiger partial charge in [0.2, 0.25) is 0 Å². The largest absolute Gasteiger partial charge is 0.492 e. The highest BCUT2D eigenvalue weighted by molar-refractivity contribution is 9.10. The van der Waals surface area contributed by atoms with Crippen molar-refractivity contribution in [1.29, 1.82) is 5.26 Å². The fourth-order valence-electron chi connectivity index (χ4n) is 1.24. The lowest BCUT2D eigenvalue weighted by molar-refractivity contribution is 0.235. The zero-order chi connectivity index (χ0) is 14.1. The monoisotopic (exact) mass is 325 g/mol. The van der Waals surface area contributed by atoms with E-state index < -0.39 is 0 Å². The van der Waals surface area contributed by atoms with Crippen molar-refractivity contribution in [2.24, 2.45) is 5.92 Å². The van der Waals surface area contributed by atoms with Gasteiger partial charge in [-0.1, -0.05) is 22.0 Å². The molecule has 0 spiro atoms. The Bertz CT molecular complexity index is 459. The maximum atomic E-state index is 11.3.